The van der Waals surface area contributed by atoms with E-state index in [-0.39, 0.29) is 11.7 Å². The molecule has 2 aliphatic rings. The van der Waals surface area contributed by atoms with Crippen LogP contribution in [0, 0.1) is 5.82 Å². The first-order valence-corrected chi connectivity index (χ1v) is 8.99. The second-order valence-corrected chi connectivity index (χ2v) is 7.05. The number of carbonyl (C=O) groups is 1. The van der Waals surface area contributed by atoms with Gasteiger partial charge in [-0.15, -0.1) is 0 Å². The lowest BCUT2D eigenvalue weighted by molar-refractivity contribution is -0.130. The minimum absolute atomic E-state index is 0.0767. The van der Waals surface area contributed by atoms with Gasteiger partial charge in [0.2, 0.25) is 0 Å². The number of ether oxygens (including phenoxy) is 1. The minimum Gasteiger partial charge on any atom is -0.365 e. The number of morpholine rings is 1. The number of fused-ring (bicyclic) bond motifs is 1. The fourth-order valence-electron chi connectivity index (χ4n) is 3.37. The zero-order valence-electron chi connectivity index (χ0n) is 13.5. The Morgan fingerprint density at radius 3 is 3.00 bits per heavy atom. The Morgan fingerprint density at radius 1 is 1.32 bits per heavy atom. The average molecular weight is 406 g/mol. The van der Waals surface area contributed by atoms with Crippen molar-refractivity contribution in [3.8, 4) is 0 Å². The lowest BCUT2D eigenvalue weighted by atomic mass is 10.2. The van der Waals surface area contributed by atoms with Crippen molar-refractivity contribution in [2.24, 2.45) is 0 Å². The predicted molar refractivity (Wildman–Crippen MR) is 96.3 cm³/mol. The first-order chi connectivity index (χ1) is 12.1. The highest BCUT2D eigenvalue weighted by Gasteiger charge is 2.34. The van der Waals surface area contributed by atoms with Gasteiger partial charge >= 0.3 is 0 Å². The molecule has 2 aromatic rings. The summed E-state index contributed by atoms with van der Waals surface area (Å²) < 4.78 is 20.5. The number of nitrogens with zero attached hydrogens (tertiary/aromatic N) is 3. The lowest BCUT2D eigenvalue weighted by Crippen LogP contribution is -2.51. The number of hydrogen-bond donors (Lipinski definition) is 0. The average Bonchev–Trinajstić information content (AvgIpc) is 3.05. The maximum Gasteiger partial charge on any atom is 0.257 e. The zero-order valence-corrected chi connectivity index (χ0v) is 15.1. The fourth-order valence-corrected chi connectivity index (χ4v) is 3.68. The van der Waals surface area contributed by atoms with Crippen LogP contribution in [0.1, 0.15) is 5.56 Å². The summed E-state index contributed by atoms with van der Waals surface area (Å²) in [5.74, 6) is -0.229. The Labute approximate surface area is 153 Å². The summed E-state index contributed by atoms with van der Waals surface area (Å²) in [7, 11) is 0. The third-order valence-corrected chi connectivity index (χ3v) is 5.02. The number of benzene rings is 1. The molecule has 3 heterocycles. The third-order valence-electron chi connectivity index (χ3n) is 4.58. The quantitative estimate of drug-likeness (QED) is 0.770. The molecular formula is C18H17BrFN3O2. The molecule has 1 unspecified atom stereocenters. The summed E-state index contributed by atoms with van der Waals surface area (Å²) in [6.45, 7) is 1.82. The number of anilines is 2. The standard InChI is InChI=1S/C18H17BrFN3O2/c19-13-9-14(20)17(21-10-13)22-7-8-25-16(11-22)18(24)23-6-5-12-3-1-2-4-15(12)23/h1-4,9-10,16H,5-8,11H2. The molecular weight excluding hydrogens is 389 g/mol. The van der Waals surface area contributed by atoms with Crippen molar-refractivity contribution in [2.75, 3.05) is 36.0 Å². The maximum absolute atomic E-state index is 14.2. The second kappa shape index (κ2) is 6.72. The van der Waals surface area contributed by atoms with E-state index in [1.807, 2.05) is 24.3 Å². The van der Waals surface area contributed by atoms with Gasteiger partial charge in [-0.25, -0.2) is 9.37 Å². The molecule has 5 nitrogen and oxygen atoms in total. The van der Waals surface area contributed by atoms with Gasteiger partial charge in [-0.3, -0.25) is 4.79 Å². The molecule has 1 amide bonds. The summed E-state index contributed by atoms with van der Waals surface area (Å²) >= 11 is 3.21. The number of carbonyl (C=O) groups excluding carboxylic acids is 1. The van der Waals surface area contributed by atoms with Crippen LogP contribution in [0.3, 0.4) is 0 Å². The van der Waals surface area contributed by atoms with Crippen molar-refractivity contribution in [1.82, 2.24) is 4.98 Å². The van der Waals surface area contributed by atoms with E-state index in [1.165, 1.54) is 11.6 Å². The monoisotopic (exact) mass is 405 g/mol. The number of hydrogen-bond acceptors (Lipinski definition) is 4. The van der Waals surface area contributed by atoms with Gasteiger partial charge < -0.3 is 14.5 Å². The molecule has 1 aromatic heterocycles. The normalized spacial score (nSPS) is 19.8. The van der Waals surface area contributed by atoms with Crippen LogP contribution in [0.2, 0.25) is 0 Å². The Kier molecular flexibility index (Phi) is 4.43. The van der Waals surface area contributed by atoms with E-state index in [9.17, 15) is 9.18 Å². The Balaban J connectivity index is 1.53. The van der Waals surface area contributed by atoms with Crippen molar-refractivity contribution in [2.45, 2.75) is 12.5 Å². The Bertz CT molecular complexity index is 817. The van der Waals surface area contributed by atoms with E-state index < -0.39 is 11.9 Å². The van der Waals surface area contributed by atoms with Crippen LogP contribution < -0.4 is 9.80 Å². The molecule has 130 valence electrons. The zero-order chi connectivity index (χ0) is 17.4. The molecule has 1 fully saturated rings. The van der Waals surface area contributed by atoms with E-state index in [0.717, 1.165) is 12.1 Å². The summed E-state index contributed by atoms with van der Waals surface area (Å²) in [6.07, 6.45) is 1.78. The highest BCUT2D eigenvalue weighted by atomic mass is 79.9. The first-order valence-electron chi connectivity index (χ1n) is 8.20. The molecule has 1 atom stereocenters. The molecule has 1 aromatic carbocycles. The maximum atomic E-state index is 14.2. The number of aromatic nitrogens is 1. The van der Waals surface area contributed by atoms with Crippen molar-refractivity contribution >= 4 is 33.3 Å². The SMILES string of the molecule is O=C(C1CN(c2ncc(Br)cc2F)CCO1)N1CCc2ccccc21. The predicted octanol–water partition coefficient (Wildman–Crippen LogP) is 2.78. The van der Waals surface area contributed by atoms with Gasteiger partial charge in [0, 0.05) is 29.4 Å². The number of amides is 1. The van der Waals surface area contributed by atoms with Crippen LogP contribution in [-0.2, 0) is 16.0 Å². The van der Waals surface area contributed by atoms with Crippen molar-refractivity contribution < 1.29 is 13.9 Å². The van der Waals surface area contributed by atoms with Gasteiger partial charge in [-0.1, -0.05) is 18.2 Å². The van der Waals surface area contributed by atoms with Crippen molar-refractivity contribution in [3.05, 3.63) is 52.4 Å². The van der Waals surface area contributed by atoms with Crippen LogP contribution in [0.4, 0.5) is 15.9 Å². The molecule has 4 rings (SSSR count). The van der Waals surface area contributed by atoms with Gasteiger partial charge in [0.1, 0.15) is 0 Å². The van der Waals surface area contributed by atoms with Crippen LogP contribution in [0.15, 0.2) is 41.0 Å². The topological polar surface area (TPSA) is 45.7 Å². The highest BCUT2D eigenvalue weighted by molar-refractivity contribution is 9.10. The smallest absolute Gasteiger partial charge is 0.257 e. The van der Waals surface area contributed by atoms with Crippen molar-refractivity contribution in [1.29, 1.82) is 0 Å². The Morgan fingerprint density at radius 2 is 2.16 bits per heavy atom. The molecule has 7 heteroatoms. The van der Waals surface area contributed by atoms with Gasteiger partial charge in [-0.05, 0) is 40.0 Å². The van der Waals surface area contributed by atoms with Gasteiger partial charge in [0.25, 0.3) is 5.91 Å². The highest BCUT2D eigenvalue weighted by Crippen LogP contribution is 2.29. The summed E-state index contributed by atoms with van der Waals surface area (Å²) in [5.41, 5.74) is 2.12. The molecule has 0 bridgehead atoms. The molecule has 2 aliphatic heterocycles. The molecule has 0 saturated carbocycles. The molecule has 0 radical (unpaired) electrons. The van der Waals surface area contributed by atoms with Crippen molar-refractivity contribution in [3.63, 3.8) is 0 Å². The molecule has 1 saturated heterocycles. The molecule has 0 N–H and O–H groups in total. The van der Waals surface area contributed by atoms with Crippen LogP contribution in [-0.4, -0.2) is 43.2 Å². The molecule has 0 spiro atoms. The third kappa shape index (κ3) is 3.14. The molecule has 0 aliphatic carbocycles. The fraction of sp³-hybridized carbons (Fsp3) is 0.333. The number of para-hydroxylation sites is 1. The van der Waals surface area contributed by atoms with E-state index in [0.29, 0.717) is 30.7 Å². The van der Waals surface area contributed by atoms with Crippen LogP contribution in [0.5, 0.6) is 0 Å². The van der Waals surface area contributed by atoms with E-state index in [2.05, 4.69) is 20.9 Å². The summed E-state index contributed by atoms with van der Waals surface area (Å²) in [4.78, 5) is 20.6. The number of rotatable bonds is 2. The van der Waals surface area contributed by atoms with Crippen LogP contribution >= 0.6 is 15.9 Å². The lowest BCUT2D eigenvalue weighted by Gasteiger charge is -2.34. The summed E-state index contributed by atoms with van der Waals surface area (Å²) in [5, 5.41) is 0. The molecule has 25 heavy (non-hydrogen) atoms. The minimum atomic E-state index is -0.621. The Hall–Kier alpha value is -1.99. The van der Waals surface area contributed by atoms with Gasteiger partial charge in [0.05, 0.1) is 13.2 Å². The van der Waals surface area contributed by atoms with E-state index in [1.54, 1.807) is 16.0 Å². The summed E-state index contributed by atoms with van der Waals surface area (Å²) in [6, 6.07) is 9.28. The first kappa shape index (κ1) is 16.5. The second-order valence-electron chi connectivity index (χ2n) is 6.13. The van der Waals surface area contributed by atoms with Gasteiger partial charge in [0.15, 0.2) is 17.7 Å². The van der Waals surface area contributed by atoms with Gasteiger partial charge in [-0.2, -0.15) is 0 Å². The number of halogens is 2. The van der Waals surface area contributed by atoms with Crippen LogP contribution in [0.25, 0.3) is 0 Å². The van der Waals surface area contributed by atoms with E-state index >= 15 is 0 Å². The largest absolute Gasteiger partial charge is 0.365 e. The number of pyridine rings is 1. The van der Waals surface area contributed by atoms with E-state index in [4.69, 9.17) is 4.74 Å².